The highest BCUT2D eigenvalue weighted by Crippen LogP contribution is 2.07. The minimum absolute atomic E-state index is 0. The van der Waals surface area contributed by atoms with Crippen molar-refractivity contribution in [2.45, 2.75) is 44.9 Å². The molecule has 0 aromatic rings. The summed E-state index contributed by atoms with van der Waals surface area (Å²) in [5, 5.41) is 0. The van der Waals surface area contributed by atoms with E-state index >= 15 is 0 Å². The van der Waals surface area contributed by atoms with Gasteiger partial charge in [0.1, 0.15) is 0 Å². The minimum Gasteiger partial charge on any atom is -0.469 e. The number of carbonyl (C=O) groups excluding carboxylic acids is 2. The molecule has 16 heavy (non-hydrogen) atoms. The van der Waals surface area contributed by atoms with Crippen molar-refractivity contribution in [1.82, 2.24) is 6.15 Å². The molecule has 0 aromatic heterocycles. The van der Waals surface area contributed by atoms with E-state index in [-0.39, 0.29) is 18.1 Å². The fourth-order valence-corrected chi connectivity index (χ4v) is 1.27. The van der Waals surface area contributed by atoms with Gasteiger partial charge in [0.05, 0.1) is 14.2 Å². The van der Waals surface area contributed by atoms with E-state index in [2.05, 4.69) is 9.47 Å². The van der Waals surface area contributed by atoms with Crippen LogP contribution >= 0.6 is 0 Å². The van der Waals surface area contributed by atoms with Crippen LogP contribution in [0.5, 0.6) is 0 Å². The third-order valence-corrected chi connectivity index (χ3v) is 2.22. The van der Waals surface area contributed by atoms with E-state index < -0.39 is 0 Å². The largest absolute Gasteiger partial charge is 0.469 e. The molecule has 0 aliphatic rings. The van der Waals surface area contributed by atoms with Crippen LogP contribution in [0.3, 0.4) is 0 Å². The molecule has 0 spiro atoms. The Morgan fingerprint density at radius 1 is 0.750 bits per heavy atom. The summed E-state index contributed by atoms with van der Waals surface area (Å²) in [6.07, 6.45) is 5.79. The molecule has 0 rings (SSSR count). The van der Waals surface area contributed by atoms with Crippen LogP contribution in [-0.4, -0.2) is 26.2 Å². The van der Waals surface area contributed by atoms with Gasteiger partial charge in [-0.3, -0.25) is 9.59 Å². The SMILES string of the molecule is COC(=O)CCCCCCCC(=O)OC.[NH4+]. The topological polar surface area (TPSA) is 89.1 Å². The van der Waals surface area contributed by atoms with Gasteiger partial charge in [0, 0.05) is 12.8 Å². The van der Waals surface area contributed by atoms with Gasteiger partial charge in [-0.25, -0.2) is 0 Å². The lowest BCUT2D eigenvalue weighted by Crippen LogP contribution is -2.00. The normalized spacial score (nSPS) is 9.12. The Bertz CT molecular complexity index is 174. The second-order valence-corrected chi connectivity index (χ2v) is 3.42. The average Bonchev–Trinajstić information content (AvgIpc) is 2.26. The number of ether oxygens (including phenoxy) is 2. The van der Waals surface area contributed by atoms with Gasteiger partial charge in [-0.1, -0.05) is 19.3 Å². The lowest BCUT2D eigenvalue weighted by molar-refractivity contribution is -0.141. The molecule has 0 amide bonds. The van der Waals surface area contributed by atoms with Crippen LogP contribution in [0.15, 0.2) is 0 Å². The second-order valence-electron chi connectivity index (χ2n) is 3.42. The first kappa shape index (κ1) is 17.3. The molecule has 0 fully saturated rings. The van der Waals surface area contributed by atoms with E-state index in [4.69, 9.17) is 0 Å². The maximum Gasteiger partial charge on any atom is 0.305 e. The number of methoxy groups -OCH3 is 2. The summed E-state index contributed by atoms with van der Waals surface area (Å²) in [5.41, 5.74) is 0. The molecule has 0 saturated heterocycles. The quantitative estimate of drug-likeness (QED) is 0.516. The van der Waals surface area contributed by atoms with Crippen LogP contribution in [0, 0.1) is 0 Å². The highest BCUT2D eigenvalue weighted by Gasteiger charge is 2.01. The Morgan fingerprint density at radius 3 is 1.38 bits per heavy atom. The standard InChI is InChI=1S/C11H20O4.H3N/c1-14-10(12)8-6-4-3-5-7-9-11(13)15-2;/h3-9H2,1-2H3;1H3/p+1. The van der Waals surface area contributed by atoms with E-state index in [0.29, 0.717) is 12.8 Å². The molecule has 5 heteroatoms. The van der Waals surface area contributed by atoms with E-state index in [1.165, 1.54) is 14.2 Å². The molecule has 5 nitrogen and oxygen atoms in total. The fraction of sp³-hybridized carbons (Fsp3) is 0.818. The van der Waals surface area contributed by atoms with Crippen LogP contribution in [0.25, 0.3) is 0 Å². The van der Waals surface area contributed by atoms with Crippen molar-refractivity contribution in [3.8, 4) is 0 Å². The zero-order valence-corrected chi connectivity index (χ0v) is 10.6. The first-order valence-corrected chi connectivity index (χ1v) is 5.34. The molecule has 0 unspecified atom stereocenters. The summed E-state index contributed by atoms with van der Waals surface area (Å²) in [6.45, 7) is 0. The van der Waals surface area contributed by atoms with E-state index in [1.54, 1.807) is 0 Å². The van der Waals surface area contributed by atoms with Crippen molar-refractivity contribution in [2.24, 2.45) is 0 Å². The lowest BCUT2D eigenvalue weighted by Gasteiger charge is -2.01. The third kappa shape index (κ3) is 11.0. The van der Waals surface area contributed by atoms with E-state index in [0.717, 1.165) is 32.1 Å². The first-order valence-electron chi connectivity index (χ1n) is 5.34. The van der Waals surface area contributed by atoms with Crippen molar-refractivity contribution in [2.75, 3.05) is 14.2 Å². The molecule has 0 heterocycles. The summed E-state index contributed by atoms with van der Waals surface area (Å²) in [5.74, 6) is -0.297. The number of unbranched alkanes of at least 4 members (excludes halogenated alkanes) is 4. The smallest absolute Gasteiger partial charge is 0.305 e. The molecular weight excluding hydrogens is 210 g/mol. The van der Waals surface area contributed by atoms with Crippen molar-refractivity contribution in [3.63, 3.8) is 0 Å². The minimum atomic E-state index is -0.149. The summed E-state index contributed by atoms with van der Waals surface area (Å²) >= 11 is 0. The van der Waals surface area contributed by atoms with Crippen LogP contribution in [0.2, 0.25) is 0 Å². The van der Waals surface area contributed by atoms with Crippen LogP contribution in [0.1, 0.15) is 44.9 Å². The van der Waals surface area contributed by atoms with E-state index in [9.17, 15) is 9.59 Å². The Labute approximate surface area is 97.1 Å². The summed E-state index contributed by atoms with van der Waals surface area (Å²) < 4.78 is 9.05. The molecule has 0 radical (unpaired) electrons. The summed E-state index contributed by atoms with van der Waals surface area (Å²) in [7, 11) is 2.80. The zero-order chi connectivity index (χ0) is 11.5. The highest BCUT2D eigenvalue weighted by molar-refractivity contribution is 5.69. The van der Waals surface area contributed by atoms with E-state index in [1.807, 2.05) is 0 Å². The molecule has 0 saturated carbocycles. The first-order chi connectivity index (χ1) is 7.20. The molecule has 0 bridgehead atoms. The molecule has 96 valence electrons. The van der Waals surface area contributed by atoms with Gasteiger partial charge in [0.25, 0.3) is 0 Å². The molecule has 0 aliphatic heterocycles. The van der Waals surface area contributed by atoms with Gasteiger partial charge in [0.15, 0.2) is 0 Å². The molecule has 0 atom stereocenters. The molecule has 0 aliphatic carbocycles. The Kier molecular flexibility index (Phi) is 12.9. The maximum absolute atomic E-state index is 10.7. The number of carbonyl (C=O) groups is 2. The van der Waals surface area contributed by atoms with Crippen LogP contribution in [-0.2, 0) is 19.1 Å². The Balaban J connectivity index is 0. The molecule has 4 N–H and O–H groups in total. The monoisotopic (exact) mass is 234 g/mol. The van der Waals surface area contributed by atoms with Crippen molar-refractivity contribution >= 4 is 11.9 Å². The van der Waals surface area contributed by atoms with Gasteiger partial charge >= 0.3 is 11.9 Å². The number of esters is 2. The fourth-order valence-electron chi connectivity index (χ4n) is 1.27. The number of hydrogen-bond acceptors (Lipinski definition) is 4. The second kappa shape index (κ2) is 12.0. The maximum atomic E-state index is 10.7. The predicted molar refractivity (Wildman–Crippen MR) is 62.3 cm³/mol. The number of quaternary nitrogens is 1. The highest BCUT2D eigenvalue weighted by atomic mass is 16.5. The van der Waals surface area contributed by atoms with Crippen molar-refractivity contribution in [3.05, 3.63) is 0 Å². The summed E-state index contributed by atoms with van der Waals surface area (Å²) in [6, 6.07) is 0. The summed E-state index contributed by atoms with van der Waals surface area (Å²) in [4.78, 5) is 21.5. The Hall–Kier alpha value is -1.10. The predicted octanol–water partition coefficient (Wildman–Crippen LogP) is 2.44. The van der Waals surface area contributed by atoms with Crippen molar-refractivity contribution < 1.29 is 19.1 Å². The van der Waals surface area contributed by atoms with Gasteiger partial charge in [0.2, 0.25) is 0 Å². The van der Waals surface area contributed by atoms with Gasteiger partial charge in [-0.15, -0.1) is 0 Å². The molecular formula is C11H24NO4+. The van der Waals surface area contributed by atoms with Crippen LogP contribution in [0.4, 0.5) is 0 Å². The average molecular weight is 234 g/mol. The van der Waals surface area contributed by atoms with Gasteiger partial charge in [-0.2, -0.15) is 0 Å². The van der Waals surface area contributed by atoms with Crippen molar-refractivity contribution in [1.29, 1.82) is 0 Å². The van der Waals surface area contributed by atoms with Crippen LogP contribution < -0.4 is 6.15 Å². The third-order valence-electron chi connectivity index (χ3n) is 2.22. The van der Waals surface area contributed by atoms with Gasteiger partial charge in [-0.05, 0) is 12.8 Å². The lowest BCUT2D eigenvalue weighted by atomic mass is 10.1. The molecule has 0 aromatic carbocycles. The Morgan fingerprint density at radius 2 is 1.06 bits per heavy atom. The zero-order valence-electron chi connectivity index (χ0n) is 10.6. The van der Waals surface area contributed by atoms with Gasteiger partial charge < -0.3 is 15.6 Å². The number of hydrogen-bond donors (Lipinski definition) is 1. The number of rotatable bonds is 8.